The Labute approximate surface area is 117 Å². The number of nitrogens with two attached hydrogens (primary N) is 1. The number of amides is 1. The summed E-state index contributed by atoms with van der Waals surface area (Å²) in [4.78, 5) is 12.0. The molecule has 3 N–H and O–H groups in total. The Bertz CT molecular complexity index is 621. The zero-order valence-electron chi connectivity index (χ0n) is 11.5. The normalized spacial score (nSPS) is 12.0. The number of rotatable bonds is 3. The molecule has 0 bridgehead atoms. The minimum absolute atomic E-state index is 0.0341. The fraction of sp³-hybridized carbons (Fsp3) is 0.188. The molecule has 2 aromatic rings. The molecule has 0 aliphatic carbocycles. The van der Waals surface area contributed by atoms with E-state index in [-0.39, 0.29) is 11.6 Å². The molecule has 0 saturated carbocycles. The predicted octanol–water partition coefficient (Wildman–Crippen LogP) is 3.41. The third-order valence-electron chi connectivity index (χ3n) is 3.06. The Balaban J connectivity index is 2.15. The van der Waals surface area contributed by atoms with E-state index in [0.29, 0.717) is 5.69 Å². The van der Waals surface area contributed by atoms with Gasteiger partial charge in [0.05, 0.1) is 5.56 Å². The minimum Gasteiger partial charge on any atom is -0.324 e. The van der Waals surface area contributed by atoms with Crippen LogP contribution in [0.25, 0.3) is 0 Å². The zero-order chi connectivity index (χ0) is 14.7. The van der Waals surface area contributed by atoms with Crippen LogP contribution in [-0.4, -0.2) is 5.91 Å². The maximum Gasteiger partial charge on any atom is 0.258 e. The largest absolute Gasteiger partial charge is 0.324 e. The molecule has 0 aromatic heterocycles. The van der Waals surface area contributed by atoms with E-state index in [1.54, 1.807) is 25.1 Å². The number of hydrogen-bond acceptors (Lipinski definition) is 2. The van der Waals surface area contributed by atoms with Crippen molar-refractivity contribution < 1.29 is 9.18 Å². The van der Waals surface area contributed by atoms with Crippen LogP contribution in [0.3, 0.4) is 0 Å². The summed E-state index contributed by atoms with van der Waals surface area (Å²) in [5.41, 5.74) is 8.15. The summed E-state index contributed by atoms with van der Waals surface area (Å²) in [6.07, 6.45) is 0. The Hall–Kier alpha value is -2.20. The summed E-state index contributed by atoms with van der Waals surface area (Å²) in [5.74, 6) is -0.981. The van der Waals surface area contributed by atoms with Gasteiger partial charge in [0.2, 0.25) is 0 Å². The first-order chi connectivity index (χ1) is 9.47. The van der Waals surface area contributed by atoms with E-state index < -0.39 is 11.7 Å². The molecule has 1 atom stereocenters. The van der Waals surface area contributed by atoms with Crippen LogP contribution in [0.5, 0.6) is 0 Å². The predicted molar refractivity (Wildman–Crippen MR) is 78.1 cm³/mol. The lowest BCUT2D eigenvalue weighted by Crippen LogP contribution is -2.14. The molecule has 1 amide bonds. The molecule has 0 saturated heterocycles. The molecule has 0 radical (unpaired) electrons. The topological polar surface area (TPSA) is 55.1 Å². The molecule has 2 aromatic carbocycles. The summed E-state index contributed by atoms with van der Waals surface area (Å²) in [7, 11) is 0. The Morgan fingerprint density at radius 1 is 1.20 bits per heavy atom. The molecule has 1 unspecified atom stereocenters. The van der Waals surface area contributed by atoms with Crippen molar-refractivity contribution in [2.45, 2.75) is 19.9 Å². The smallest absolute Gasteiger partial charge is 0.258 e. The zero-order valence-corrected chi connectivity index (χ0v) is 11.5. The molecule has 4 heteroatoms. The lowest BCUT2D eigenvalue weighted by molar-refractivity contribution is 0.102. The maximum atomic E-state index is 13.7. The van der Waals surface area contributed by atoms with Crippen molar-refractivity contribution in [3.63, 3.8) is 0 Å². The number of benzene rings is 2. The molecule has 104 valence electrons. The third-order valence-corrected chi connectivity index (χ3v) is 3.06. The summed E-state index contributed by atoms with van der Waals surface area (Å²) in [5, 5.41) is 2.66. The number of hydrogen-bond donors (Lipinski definition) is 2. The first-order valence-electron chi connectivity index (χ1n) is 6.40. The van der Waals surface area contributed by atoms with E-state index in [9.17, 15) is 9.18 Å². The maximum absolute atomic E-state index is 13.7. The average Bonchev–Trinajstić information content (AvgIpc) is 2.39. The Morgan fingerprint density at radius 3 is 2.40 bits per heavy atom. The molecule has 3 nitrogen and oxygen atoms in total. The van der Waals surface area contributed by atoms with Gasteiger partial charge in [0.1, 0.15) is 5.82 Å². The van der Waals surface area contributed by atoms with Crippen molar-refractivity contribution in [3.05, 3.63) is 65.0 Å². The second kappa shape index (κ2) is 5.84. The van der Waals surface area contributed by atoms with Gasteiger partial charge in [-0.05, 0) is 49.2 Å². The van der Waals surface area contributed by atoms with Crippen LogP contribution in [0.2, 0.25) is 0 Å². The van der Waals surface area contributed by atoms with Gasteiger partial charge >= 0.3 is 0 Å². The molecule has 0 fully saturated rings. The van der Waals surface area contributed by atoms with E-state index in [4.69, 9.17) is 5.73 Å². The highest BCUT2D eigenvalue weighted by Gasteiger charge is 2.11. The molecule has 0 aliphatic heterocycles. The van der Waals surface area contributed by atoms with Crippen molar-refractivity contribution in [1.29, 1.82) is 0 Å². The summed E-state index contributed by atoms with van der Waals surface area (Å²) in [6.45, 7) is 3.66. The minimum atomic E-state index is -0.519. The SMILES string of the molecule is Cc1ccc(C(=O)Nc2ccc(C(C)N)cc2)c(F)c1. The van der Waals surface area contributed by atoms with E-state index in [0.717, 1.165) is 11.1 Å². The van der Waals surface area contributed by atoms with Crippen LogP contribution < -0.4 is 11.1 Å². The first-order valence-corrected chi connectivity index (χ1v) is 6.40. The van der Waals surface area contributed by atoms with E-state index in [1.165, 1.54) is 12.1 Å². The van der Waals surface area contributed by atoms with Crippen molar-refractivity contribution in [3.8, 4) is 0 Å². The molecule has 0 heterocycles. The van der Waals surface area contributed by atoms with E-state index >= 15 is 0 Å². The lowest BCUT2D eigenvalue weighted by Gasteiger charge is -2.09. The fourth-order valence-electron chi connectivity index (χ4n) is 1.87. The van der Waals surface area contributed by atoms with E-state index in [2.05, 4.69) is 5.32 Å². The van der Waals surface area contributed by atoms with Crippen LogP contribution >= 0.6 is 0 Å². The molecule has 0 spiro atoms. The number of halogens is 1. The van der Waals surface area contributed by atoms with Crippen LogP contribution in [-0.2, 0) is 0 Å². The van der Waals surface area contributed by atoms with Gasteiger partial charge in [-0.3, -0.25) is 4.79 Å². The average molecular weight is 272 g/mol. The van der Waals surface area contributed by atoms with Crippen LogP contribution in [0.15, 0.2) is 42.5 Å². The van der Waals surface area contributed by atoms with Gasteiger partial charge < -0.3 is 11.1 Å². The number of nitrogens with one attached hydrogen (secondary N) is 1. The van der Waals surface area contributed by atoms with Crippen molar-refractivity contribution >= 4 is 11.6 Å². The van der Waals surface area contributed by atoms with Gasteiger partial charge in [0, 0.05) is 11.7 Å². The molecule has 0 aliphatic rings. The number of carbonyl (C=O) groups is 1. The number of aryl methyl sites for hydroxylation is 1. The van der Waals surface area contributed by atoms with Crippen LogP contribution in [0.1, 0.15) is 34.5 Å². The fourth-order valence-corrected chi connectivity index (χ4v) is 1.87. The van der Waals surface area contributed by atoms with Gasteiger partial charge in [-0.25, -0.2) is 4.39 Å². The van der Waals surface area contributed by atoms with Gasteiger partial charge in [-0.2, -0.15) is 0 Å². The molecular weight excluding hydrogens is 255 g/mol. The highest BCUT2D eigenvalue weighted by Crippen LogP contribution is 2.16. The van der Waals surface area contributed by atoms with Crippen LogP contribution in [0.4, 0.5) is 10.1 Å². The van der Waals surface area contributed by atoms with Gasteiger partial charge in [0.15, 0.2) is 0 Å². The van der Waals surface area contributed by atoms with Gasteiger partial charge in [-0.15, -0.1) is 0 Å². The van der Waals surface area contributed by atoms with Gasteiger partial charge in [0.25, 0.3) is 5.91 Å². The second-order valence-corrected chi connectivity index (χ2v) is 4.85. The number of anilines is 1. The van der Waals surface area contributed by atoms with Gasteiger partial charge in [-0.1, -0.05) is 18.2 Å². The Morgan fingerprint density at radius 2 is 1.85 bits per heavy atom. The first kappa shape index (κ1) is 14.2. The highest BCUT2D eigenvalue weighted by molar-refractivity contribution is 6.04. The lowest BCUT2D eigenvalue weighted by atomic mass is 10.1. The second-order valence-electron chi connectivity index (χ2n) is 4.85. The molecular formula is C16H17FN2O. The van der Waals surface area contributed by atoms with Crippen molar-refractivity contribution in [2.24, 2.45) is 5.73 Å². The standard InChI is InChI=1S/C16H17FN2O/c1-10-3-8-14(15(17)9-10)16(20)19-13-6-4-12(5-7-13)11(2)18/h3-9,11H,18H2,1-2H3,(H,19,20). The summed E-state index contributed by atoms with van der Waals surface area (Å²) >= 11 is 0. The van der Waals surface area contributed by atoms with E-state index in [1.807, 2.05) is 19.1 Å². The third kappa shape index (κ3) is 3.22. The van der Waals surface area contributed by atoms with Crippen molar-refractivity contribution in [1.82, 2.24) is 0 Å². The summed E-state index contributed by atoms with van der Waals surface area (Å²) in [6, 6.07) is 11.7. The highest BCUT2D eigenvalue weighted by atomic mass is 19.1. The quantitative estimate of drug-likeness (QED) is 0.899. The van der Waals surface area contributed by atoms with Crippen molar-refractivity contribution in [2.75, 3.05) is 5.32 Å². The molecule has 2 rings (SSSR count). The Kier molecular flexibility index (Phi) is 4.15. The summed E-state index contributed by atoms with van der Waals surface area (Å²) < 4.78 is 13.7. The van der Waals surface area contributed by atoms with Crippen LogP contribution in [0, 0.1) is 12.7 Å². The molecule has 20 heavy (non-hydrogen) atoms. The monoisotopic (exact) mass is 272 g/mol. The number of carbonyl (C=O) groups excluding carboxylic acids is 1.